The van der Waals surface area contributed by atoms with E-state index in [0.29, 0.717) is 23.4 Å². The van der Waals surface area contributed by atoms with Crippen LogP contribution in [0.5, 0.6) is 0 Å². The molecule has 1 saturated carbocycles. The summed E-state index contributed by atoms with van der Waals surface area (Å²) in [6.07, 6.45) is 4.73. The van der Waals surface area contributed by atoms with Gasteiger partial charge in [-0.1, -0.05) is 103 Å². The first-order valence-electron chi connectivity index (χ1n) is 11.7. The van der Waals surface area contributed by atoms with Crippen LogP contribution in [0, 0.1) is 10.6 Å². The molecule has 1 aromatic heterocycles. The lowest BCUT2D eigenvalue weighted by Crippen LogP contribution is -2.20. The third kappa shape index (κ3) is 4.59. The fraction of sp³-hybridized carbons (Fsp3) is 0.200. The molecule has 0 amide bonds. The minimum Gasteiger partial charge on any atom is -0.336 e. The van der Waals surface area contributed by atoms with E-state index < -0.39 is 0 Å². The largest absolute Gasteiger partial charge is 0.336 e. The molecule has 4 heteroatoms. The number of aromatic nitrogens is 1. The van der Waals surface area contributed by atoms with Crippen molar-refractivity contribution in [2.75, 3.05) is 0 Å². The molecule has 0 bridgehead atoms. The fourth-order valence-electron chi connectivity index (χ4n) is 5.07. The van der Waals surface area contributed by atoms with Gasteiger partial charge in [0.05, 0.1) is 6.42 Å². The van der Waals surface area contributed by atoms with Crippen molar-refractivity contribution in [2.24, 2.45) is 5.92 Å². The number of hydrogen-bond acceptors (Lipinski definition) is 3. The minimum absolute atomic E-state index is 0.0539. The van der Waals surface area contributed by atoms with Crippen LogP contribution in [0.2, 0.25) is 0 Å². The maximum Gasteiger partial charge on any atom is 0.333 e. The van der Waals surface area contributed by atoms with Crippen LogP contribution in [0.15, 0.2) is 109 Å². The molecule has 3 nitrogen and oxygen atoms in total. The Kier molecular flexibility index (Phi) is 6.41. The molecule has 0 saturated heterocycles. The van der Waals surface area contributed by atoms with Gasteiger partial charge in [-0.05, 0) is 59.6 Å². The second-order valence-electron chi connectivity index (χ2n) is 8.91. The SMILES string of the molecule is O=C(CCc1ccccc1CC1CC1(c1ccccc1)c1ccccc1)On1ccccc1=S. The monoisotopic (exact) mass is 465 g/mol. The van der Waals surface area contributed by atoms with Gasteiger partial charge >= 0.3 is 5.97 Å². The molecule has 3 aromatic carbocycles. The van der Waals surface area contributed by atoms with Crippen LogP contribution in [0.25, 0.3) is 0 Å². The molecule has 1 fully saturated rings. The van der Waals surface area contributed by atoms with Gasteiger partial charge in [-0.15, -0.1) is 0 Å². The Morgan fingerprint density at radius 2 is 1.41 bits per heavy atom. The lowest BCUT2D eigenvalue weighted by Gasteiger charge is -2.20. The molecule has 0 spiro atoms. The van der Waals surface area contributed by atoms with Gasteiger partial charge in [0.25, 0.3) is 0 Å². The highest BCUT2D eigenvalue weighted by atomic mass is 32.1. The Balaban J connectivity index is 1.32. The minimum atomic E-state index is -0.286. The first-order valence-corrected chi connectivity index (χ1v) is 12.1. The summed E-state index contributed by atoms with van der Waals surface area (Å²) < 4.78 is 1.82. The Morgan fingerprint density at radius 3 is 2.06 bits per heavy atom. The smallest absolute Gasteiger partial charge is 0.333 e. The lowest BCUT2D eigenvalue weighted by atomic mass is 9.84. The van der Waals surface area contributed by atoms with Gasteiger partial charge in [-0.2, -0.15) is 4.73 Å². The maximum absolute atomic E-state index is 12.5. The van der Waals surface area contributed by atoms with Crippen molar-refractivity contribution in [3.8, 4) is 0 Å². The average molecular weight is 466 g/mol. The van der Waals surface area contributed by atoms with Crippen LogP contribution in [0.4, 0.5) is 0 Å². The number of aryl methyl sites for hydroxylation is 1. The van der Waals surface area contributed by atoms with Crippen LogP contribution in [-0.2, 0) is 23.1 Å². The number of benzene rings is 3. The highest BCUT2D eigenvalue weighted by Gasteiger charge is 2.55. The van der Waals surface area contributed by atoms with E-state index in [1.54, 1.807) is 18.3 Å². The third-order valence-corrected chi connectivity index (χ3v) is 7.17. The molecule has 170 valence electrons. The molecule has 1 atom stereocenters. The second-order valence-corrected chi connectivity index (χ2v) is 9.32. The molecule has 0 N–H and O–H groups in total. The molecule has 4 aromatic rings. The van der Waals surface area contributed by atoms with Gasteiger partial charge in [0, 0.05) is 11.6 Å². The molecular formula is C30H27NO2S. The van der Waals surface area contributed by atoms with Gasteiger partial charge in [0.15, 0.2) is 0 Å². The van der Waals surface area contributed by atoms with E-state index in [-0.39, 0.29) is 11.4 Å². The molecule has 0 aliphatic heterocycles. The van der Waals surface area contributed by atoms with Crippen molar-refractivity contribution >= 4 is 18.2 Å². The third-order valence-electron chi connectivity index (χ3n) is 6.85. The normalized spacial score (nSPS) is 16.1. The predicted molar refractivity (Wildman–Crippen MR) is 137 cm³/mol. The van der Waals surface area contributed by atoms with E-state index in [9.17, 15) is 4.79 Å². The Bertz CT molecular complexity index is 1290. The van der Waals surface area contributed by atoms with Crippen molar-refractivity contribution in [3.63, 3.8) is 0 Å². The Morgan fingerprint density at radius 1 is 0.824 bits per heavy atom. The van der Waals surface area contributed by atoms with E-state index >= 15 is 0 Å². The van der Waals surface area contributed by atoms with Gasteiger partial charge in [-0.25, -0.2) is 4.79 Å². The molecule has 5 rings (SSSR count). The summed E-state index contributed by atoms with van der Waals surface area (Å²) in [6.45, 7) is 0. The van der Waals surface area contributed by atoms with E-state index in [2.05, 4.69) is 78.9 Å². The van der Waals surface area contributed by atoms with Gasteiger partial charge in [-0.3, -0.25) is 0 Å². The second kappa shape index (κ2) is 9.78. The summed E-state index contributed by atoms with van der Waals surface area (Å²) in [5.41, 5.74) is 5.33. The number of hydrogen-bond donors (Lipinski definition) is 0. The molecule has 1 aliphatic rings. The summed E-state index contributed by atoms with van der Waals surface area (Å²) in [4.78, 5) is 17.9. The number of carbonyl (C=O) groups excluding carboxylic acids is 1. The Hall–Kier alpha value is -3.50. The van der Waals surface area contributed by atoms with Gasteiger partial charge in [0.2, 0.25) is 0 Å². The van der Waals surface area contributed by atoms with Crippen LogP contribution in [-0.4, -0.2) is 10.7 Å². The van der Waals surface area contributed by atoms with Crippen molar-refractivity contribution in [1.29, 1.82) is 0 Å². The summed E-state index contributed by atoms with van der Waals surface area (Å²) >= 11 is 5.21. The van der Waals surface area contributed by atoms with Crippen LogP contribution < -0.4 is 4.84 Å². The van der Waals surface area contributed by atoms with Gasteiger partial charge < -0.3 is 4.84 Å². The average Bonchev–Trinajstić information content (AvgIpc) is 3.61. The quantitative estimate of drug-likeness (QED) is 0.284. The summed E-state index contributed by atoms with van der Waals surface area (Å²) in [6, 6.07) is 35.5. The molecule has 1 aliphatic carbocycles. The van der Waals surface area contributed by atoms with Gasteiger partial charge in [0.1, 0.15) is 4.64 Å². The van der Waals surface area contributed by atoms with E-state index in [1.807, 2.05) is 12.1 Å². The maximum atomic E-state index is 12.5. The standard InChI is InChI=1S/C30H27NO2S/c32-29(33-31-20-10-9-17-28(31)34)19-18-23-11-7-8-12-24(23)21-27-22-30(27,25-13-3-1-4-14-25)26-15-5-2-6-16-26/h1-17,20,27H,18-19,21-22H2. The summed E-state index contributed by atoms with van der Waals surface area (Å²) in [5.74, 6) is 0.236. The van der Waals surface area contributed by atoms with Crippen molar-refractivity contribution in [2.45, 2.75) is 31.1 Å². The molecule has 1 unspecified atom stereocenters. The zero-order chi connectivity index (χ0) is 23.4. The highest BCUT2D eigenvalue weighted by Crippen LogP contribution is 2.60. The van der Waals surface area contributed by atoms with Crippen molar-refractivity contribution < 1.29 is 9.63 Å². The molecule has 34 heavy (non-hydrogen) atoms. The fourth-order valence-corrected chi connectivity index (χ4v) is 5.24. The van der Waals surface area contributed by atoms with Crippen LogP contribution in [0.3, 0.4) is 0 Å². The van der Waals surface area contributed by atoms with Crippen LogP contribution >= 0.6 is 12.2 Å². The first kappa shape index (κ1) is 22.3. The van der Waals surface area contributed by atoms with Crippen molar-refractivity contribution in [1.82, 2.24) is 4.73 Å². The number of nitrogens with zero attached hydrogens (tertiary/aromatic N) is 1. The van der Waals surface area contributed by atoms with E-state index in [1.165, 1.54) is 27.0 Å². The predicted octanol–water partition coefficient (Wildman–Crippen LogP) is 6.35. The summed E-state index contributed by atoms with van der Waals surface area (Å²) in [7, 11) is 0. The zero-order valence-electron chi connectivity index (χ0n) is 19.0. The first-order chi connectivity index (χ1) is 16.7. The lowest BCUT2D eigenvalue weighted by molar-refractivity contribution is -0.144. The molecule has 1 heterocycles. The zero-order valence-corrected chi connectivity index (χ0v) is 19.8. The van der Waals surface area contributed by atoms with E-state index in [4.69, 9.17) is 17.1 Å². The Labute approximate surface area is 205 Å². The highest BCUT2D eigenvalue weighted by molar-refractivity contribution is 7.71. The van der Waals surface area contributed by atoms with E-state index in [0.717, 1.165) is 12.8 Å². The molecular weight excluding hydrogens is 438 g/mol. The van der Waals surface area contributed by atoms with Crippen molar-refractivity contribution in [3.05, 3.63) is 136 Å². The number of pyridine rings is 1. The molecule has 0 radical (unpaired) electrons. The number of carbonyl (C=O) groups is 1. The topological polar surface area (TPSA) is 31.2 Å². The summed E-state index contributed by atoms with van der Waals surface area (Å²) in [5, 5.41) is 0. The number of rotatable bonds is 8. The van der Waals surface area contributed by atoms with Crippen LogP contribution in [0.1, 0.15) is 35.1 Å².